The highest BCUT2D eigenvalue weighted by Gasteiger charge is 2.32. The number of nitrogens with zero attached hydrogens (tertiary/aromatic N) is 1. The zero-order chi connectivity index (χ0) is 15.3. The third kappa shape index (κ3) is 5.77. The largest absolute Gasteiger partial charge is 0.389 e. The molecule has 0 spiro atoms. The first kappa shape index (κ1) is 16.5. The molecule has 1 N–H and O–H groups in total. The Labute approximate surface area is 128 Å². The lowest BCUT2D eigenvalue weighted by molar-refractivity contribution is -0.0434. The molecule has 3 nitrogen and oxygen atoms in total. The minimum atomic E-state index is -0.539. The van der Waals surface area contributed by atoms with Crippen LogP contribution < -0.4 is 0 Å². The molecule has 1 aliphatic rings. The molecule has 1 aromatic rings. The summed E-state index contributed by atoms with van der Waals surface area (Å²) >= 11 is 0. The van der Waals surface area contributed by atoms with Gasteiger partial charge in [0.15, 0.2) is 0 Å². The summed E-state index contributed by atoms with van der Waals surface area (Å²) in [5, 5.41) is 10.7. The Hall–Kier alpha value is -0.900. The third-order valence-corrected chi connectivity index (χ3v) is 4.11. The van der Waals surface area contributed by atoms with E-state index in [1.807, 2.05) is 18.2 Å². The molecule has 0 aliphatic carbocycles. The molecule has 3 heteroatoms. The first-order chi connectivity index (χ1) is 9.86. The summed E-state index contributed by atoms with van der Waals surface area (Å²) in [7, 11) is 0. The molecule has 118 valence electrons. The minimum Gasteiger partial charge on any atom is -0.389 e. The van der Waals surface area contributed by atoms with Crippen molar-refractivity contribution >= 4 is 0 Å². The molecule has 1 fully saturated rings. The van der Waals surface area contributed by atoms with E-state index in [1.165, 1.54) is 5.56 Å². The zero-order valence-corrected chi connectivity index (χ0v) is 13.6. The van der Waals surface area contributed by atoms with Gasteiger partial charge in [-0.15, -0.1) is 0 Å². The van der Waals surface area contributed by atoms with E-state index in [9.17, 15) is 5.11 Å². The third-order valence-electron chi connectivity index (χ3n) is 4.11. The van der Waals surface area contributed by atoms with Crippen LogP contribution in [0.3, 0.4) is 0 Å². The lowest BCUT2D eigenvalue weighted by Gasteiger charge is -2.38. The fourth-order valence-electron chi connectivity index (χ4n) is 2.83. The van der Waals surface area contributed by atoms with Crippen molar-refractivity contribution < 1.29 is 9.84 Å². The van der Waals surface area contributed by atoms with Crippen molar-refractivity contribution in [1.82, 2.24) is 4.90 Å². The van der Waals surface area contributed by atoms with E-state index in [-0.39, 0.29) is 5.60 Å². The number of piperidine rings is 1. The van der Waals surface area contributed by atoms with Gasteiger partial charge in [-0.2, -0.15) is 0 Å². The Balaban J connectivity index is 1.74. The van der Waals surface area contributed by atoms with Gasteiger partial charge in [0.1, 0.15) is 0 Å². The first-order valence-electron chi connectivity index (χ1n) is 7.99. The van der Waals surface area contributed by atoms with Crippen LogP contribution in [-0.4, -0.2) is 47.4 Å². The molecule has 1 heterocycles. The standard InChI is InChI=1S/C18H29NO2/c1-17(2,3)21-14-13-19-11-9-18(20,10-12-19)15-16-7-5-4-6-8-16/h4-8,20H,9-15H2,1-3H3. The second-order valence-corrected chi connectivity index (χ2v) is 7.19. The average Bonchev–Trinajstić information content (AvgIpc) is 2.41. The maximum absolute atomic E-state index is 10.7. The lowest BCUT2D eigenvalue weighted by Crippen LogP contribution is -2.46. The van der Waals surface area contributed by atoms with Gasteiger partial charge in [0.05, 0.1) is 17.8 Å². The lowest BCUT2D eigenvalue weighted by atomic mass is 9.85. The van der Waals surface area contributed by atoms with Crippen LogP contribution in [0.15, 0.2) is 30.3 Å². The van der Waals surface area contributed by atoms with Crippen LogP contribution in [0.2, 0.25) is 0 Å². The minimum absolute atomic E-state index is 0.0656. The summed E-state index contributed by atoms with van der Waals surface area (Å²) < 4.78 is 5.78. The Kier molecular flexibility index (Phi) is 5.42. The van der Waals surface area contributed by atoms with Crippen LogP contribution in [0.25, 0.3) is 0 Å². The van der Waals surface area contributed by atoms with Crippen molar-refractivity contribution in [2.24, 2.45) is 0 Å². The zero-order valence-electron chi connectivity index (χ0n) is 13.6. The van der Waals surface area contributed by atoms with Crippen molar-refractivity contribution in [3.05, 3.63) is 35.9 Å². The summed E-state index contributed by atoms with van der Waals surface area (Å²) in [6.07, 6.45) is 2.45. The molecule has 21 heavy (non-hydrogen) atoms. The van der Waals surface area contributed by atoms with Gasteiger partial charge in [0.2, 0.25) is 0 Å². The van der Waals surface area contributed by atoms with E-state index in [1.54, 1.807) is 0 Å². The SMILES string of the molecule is CC(C)(C)OCCN1CCC(O)(Cc2ccccc2)CC1. The maximum atomic E-state index is 10.7. The van der Waals surface area contributed by atoms with Gasteiger partial charge in [-0.25, -0.2) is 0 Å². The van der Waals surface area contributed by atoms with Gasteiger partial charge in [-0.05, 0) is 39.2 Å². The average molecular weight is 291 g/mol. The van der Waals surface area contributed by atoms with E-state index in [0.717, 1.165) is 45.5 Å². The van der Waals surface area contributed by atoms with Crippen LogP contribution in [0.4, 0.5) is 0 Å². The van der Waals surface area contributed by atoms with E-state index in [2.05, 4.69) is 37.8 Å². The fourth-order valence-corrected chi connectivity index (χ4v) is 2.83. The van der Waals surface area contributed by atoms with E-state index >= 15 is 0 Å². The van der Waals surface area contributed by atoms with Crippen LogP contribution in [-0.2, 0) is 11.2 Å². The quantitative estimate of drug-likeness (QED) is 0.905. The van der Waals surface area contributed by atoms with Crippen molar-refractivity contribution in [2.75, 3.05) is 26.2 Å². The predicted molar refractivity (Wildman–Crippen MR) is 86.5 cm³/mol. The molecule has 1 aromatic carbocycles. The molecule has 0 radical (unpaired) electrons. The first-order valence-corrected chi connectivity index (χ1v) is 7.99. The molecular formula is C18H29NO2. The highest BCUT2D eigenvalue weighted by molar-refractivity contribution is 5.17. The molecule has 0 aromatic heterocycles. The summed E-state index contributed by atoms with van der Waals surface area (Å²) in [4.78, 5) is 2.39. The monoisotopic (exact) mass is 291 g/mol. The van der Waals surface area contributed by atoms with Crippen molar-refractivity contribution in [1.29, 1.82) is 0 Å². The number of hydrogen-bond donors (Lipinski definition) is 1. The van der Waals surface area contributed by atoms with E-state index in [0.29, 0.717) is 0 Å². The molecule has 1 aliphatic heterocycles. The smallest absolute Gasteiger partial charge is 0.0712 e. The molecule has 0 unspecified atom stereocenters. The summed E-state index contributed by atoms with van der Waals surface area (Å²) in [6.45, 7) is 9.89. The van der Waals surface area contributed by atoms with Gasteiger partial charge in [0, 0.05) is 26.1 Å². The van der Waals surface area contributed by atoms with E-state index in [4.69, 9.17) is 4.74 Å². The van der Waals surface area contributed by atoms with Gasteiger partial charge < -0.3 is 14.7 Å². The molecule has 1 saturated heterocycles. The molecule has 0 bridgehead atoms. The molecule has 2 rings (SSSR count). The number of hydrogen-bond acceptors (Lipinski definition) is 3. The normalized spacial score (nSPS) is 19.6. The number of ether oxygens (including phenoxy) is 1. The van der Waals surface area contributed by atoms with Crippen LogP contribution in [0.5, 0.6) is 0 Å². The Morgan fingerprint density at radius 2 is 1.76 bits per heavy atom. The molecular weight excluding hydrogens is 262 g/mol. The highest BCUT2D eigenvalue weighted by atomic mass is 16.5. The van der Waals surface area contributed by atoms with E-state index < -0.39 is 5.60 Å². The number of rotatable bonds is 5. The van der Waals surface area contributed by atoms with Gasteiger partial charge >= 0.3 is 0 Å². The maximum Gasteiger partial charge on any atom is 0.0712 e. The number of likely N-dealkylation sites (tertiary alicyclic amines) is 1. The molecule has 0 atom stereocenters. The Morgan fingerprint density at radius 1 is 1.14 bits per heavy atom. The van der Waals surface area contributed by atoms with Crippen molar-refractivity contribution in [3.8, 4) is 0 Å². The highest BCUT2D eigenvalue weighted by Crippen LogP contribution is 2.26. The van der Waals surface area contributed by atoms with Gasteiger partial charge in [-0.3, -0.25) is 0 Å². The Morgan fingerprint density at radius 3 is 2.33 bits per heavy atom. The summed E-state index contributed by atoms with van der Waals surface area (Å²) in [5.41, 5.74) is 0.622. The fraction of sp³-hybridized carbons (Fsp3) is 0.667. The molecule has 0 amide bonds. The van der Waals surface area contributed by atoms with Crippen molar-refractivity contribution in [2.45, 2.75) is 51.2 Å². The van der Waals surface area contributed by atoms with Crippen molar-refractivity contribution in [3.63, 3.8) is 0 Å². The summed E-state index contributed by atoms with van der Waals surface area (Å²) in [6, 6.07) is 10.3. The number of benzene rings is 1. The van der Waals surface area contributed by atoms with Crippen LogP contribution >= 0.6 is 0 Å². The topological polar surface area (TPSA) is 32.7 Å². The van der Waals surface area contributed by atoms with Gasteiger partial charge in [-0.1, -0.05) is 30.3 Å². The Bertz CT molecular complexity index is 417. The predicted octanol–water partition coefficient (Wildman–Crippen LogP) is 2.87. The second-order valence-electron chi connectivity index (χ2n) is 7.19. The van der Waals surface area contributed by atoms with Crippen LogP contribution in [0.1, 0.15) is 39.2 Å². The second kappa shape index (κ2) is 6.91. The van der Waals surface area contributed by atoms with Gasteiger partial charge in [0.25, 0.3) is 0 Å². The summed E-state index contributed by atoms with van der Waals surface area (Å²) in [5.74, 6) is 0. The number of aliphatic hydroxyl groups is 1. The molecule has 0 saturated carbocycles. The van der Waals surface area contributed by atoms with Crippen LogP contribution in [0, 0.1) is 0 Å².